The molecule has 0 bridgehead atoms. The van der Waals surface area contributed by atoms with E-state index in [0.29, 0.717) is 12.8 Å². The quantitative estimate of drug-likeness (QED) is 0.0629. The zero-order valence-corrected chi connectivity index (χ0v) is 27.3. The van der Waals surface area contributed by atoms with E-state index in [1.165, 1.54) is 7.05 Å². The molecule has 1 unspecified atom stereocenters. The van der Waals surface area contributed by atoms with Crippen LogP contribution < -0.4 is 5.73 Å². The van der Waals surface area contributed by atoms with Crippen LogP contribution >= 0.6 is 7.75 Å². The fourth-order valence-electron chi connectivity index (χ4n) is 4.00. The predicted molar refractivity (Wildman–Crippen MR) is 169 cm³/mol. The maximum absolute atomic E-state index is 13.5. The lowest BCUT2D eigenvalue weighted by Crippen LogP contribution is -2.48. The number of ether oxygens (including phenoxy) is 4. The number of hydrogen-bond acceptors (Lipinski definition) is 10. The van der Waals surface area contributed by atoms with Crippen molar-refractivity contribution in [2.75, 3.05) is 46.7 Å². The number of benzene rings is 2. The van der Waals surface area contributed by atoms with Crippen LogP contribution in [-0.4, -0.2) is 87.0 Å². The minimum atomic E-state index is -4.28. The second kappa shape index (κ2) is 20.8. The lowest BCUT2D eigenvalue weighted by atomic mass is 10.0. The highest BCUT2D eigenvalue weighted by molar-refractivity contribution is 7.52. The van der Waals surface area contributed by atoms with E-state index >= 15 is 0 Å². The van der Waals surface area contributed by atoms with Crippen LogP contribution in [0.15, 0.2) is 65.4 Å². The monoisotopic (exact) mass is 665 g/mol. The summed E-state index contributed by atoms with van der Waals surface area (Å²) in [6.07, 6.45) is -0.402. The summed E-state index contributed by atoms with van der Waals surface area (Å²) in [5, 5.41) is 9.59. The molecule has 0 saturated carbocycles. The van der Waals surface area contributed by atoms with Crippen LogP contribution in [0.25, 0.3) is 0 Å². The number of hydrogen-bond donors (Lipinski definition) is 2. The molecule has 0 aliphatic heterocycles. The van der Waals surface area contributed by atoms with E-state index < -0.39 is 32.1 Å². The van der Waals surface area contributed by atoms with Gasteiger partial charge >= 0.3 is 26.0 Å². The number of nitrogens with two attached hydrogens (primary N) is 1. The Morgan fingerprint density at radius 3 is 1.57 bits per heavy atom. The average molecular weight is 666 g/mol. The first-order valence-corrected chi connectivity index (χ1v) is 16.4. The third kappa shape index (κ3) is 15.2. The van der Waals surface area contributed by atoms with Crippen molar-refractivity contribution in [3.8, 4) is 0 Å². The van der Waals surface area contributed by atoms with Crippen LogP contribution in [0.1, 0.15) is 37.8 Å². The van der Waals surface area contributed by atoms with Gasteiger partial charge in [-0.15, -0.1) is 4.76 Å². The lowest BCUT2D eigenvalue weighted by Gasteiger charge is -2.29. The van der Waals surface area contributed by atoms with Gasteiger partial charge in [-0.05, 0) is 17.0 Å². The summed E-state index contributed by atoms with van der Waals surface area (Å²) in [6, 6.07) is 17.9. The highest BCUT2D eigenvalue weighted by Gasteiger charge is 2.31. The van der Waals surface area contributed by atoms with Crippen molar-refractivity contribution in [2.45, 2.75) is 45.6 Å². The van der Waals surface area contributed by atoms with Gasteiger partial charge in [0.1, 0.15) is 6.04 Å². The Balaban J connectivity index is 1.83. The van der Waals surface area contributed by atoms with Crippen molar-refractivity contribution in [3.05, 3.63) is 71.8 Å². The van der Waals surface area contributed by atoms with Gasteiger partial charge in [0.2, 0.25) is 5.96 Å². The van der Waals surface area contributed by atoms with Crippen molar-refractivity contribution >= 4 is 32.0 Å². The van der Waals surface area contributed by atoms with Crippen molar-refractivity contribution in [3.63, 3.8) is 0 Å². The molecule has 2 rings (SSSR count). The minimum absolute atomic E-state index is 0.0993. The average Bonchev–Trinajstić information content (AvgIpc) is 3.01. The van der Waals surface area contributed by atoms with Gasteiger partial charge in [0.25, 0.3) is 0 Å². The van der Waals surface area contributed by atoms with Gasteiger partial charge in [0, 0.05) is 32.7 Å². The molecular formula is C31H44N3O11P. The van der Waals surface area contributed by atoms with Crippen molar-refractivity contribution < 1.29 is 52.1 Å². The van der Waals surface area contributed by atoms with E-state index in [0.717, 1.165) is 16.0 Å². The molecule has 0 aliphatic rings. The van der Waals surface area contributed by atoms with Gasteiger partial charge in [-0.25, -0.2) is 18.9 Å². The molecule has 0 saturated heterocycles. The molecule has 254 valence electrons. The van der Waals surface area contributed by atoms with Crippen LogP contribution in [0.2, 0.25) is 0 Å². The Morgan fingerprint density at radius 1 is 0.761 bits per heavy atom. The van der Waals surface area contributed by atoms with E-state index in [1.54, 1.807) is 13.8 Å². The number of carboxylic acids is 1. The van der Waals surface area contributed by atoms with Gasteiger partial charge in [-0.3, -0.25) is 9.05 Å². The van der Waals surface area contributed by atoms with E-state index in [2.05, 4.69) is 4.76 Å². The fourth-order valence-corrected chi connectivity index (χ4v) is 5.30. The largest absolute Gasteiger partial charge is 0.508 e. The van der Waals surface area contributed by atoms with Gasteiger partial charge in [0.05, 0.1) is 39.6 Å². The topological polar surface area (TPSA) is 186 Å². The van der Waals surface area contributed by atoms with Gasteiger partial charge in [-0.1, -0.05) is 74.5 Å². The number of aliphatic carboxylic acids is 1. The molecular weight excluding hydrogens is 621 g/mol. The summed E-state index contributed by atoms with van der Waals surface area (Å²) in [4.78, 5) is 36.6. The third-order valence-corrected chi connectivity index (χ3v) is 7.79. The first kappa shape index (κ1) is 38.1. The van der Waals surface area contributed by atoms with Crippen LogP contribution in [0.5, 0.6) is 0 Å². The van der Waals surface area contributed by atoms with Gasteiger partial charge in [-0.2, -0.15) is 0 Å². The summed E-state index contributed by atoms with van der Waals surface area (Å²) in [6.45, 7) is 3.07. The molecule has 15 heteroatoms. The standard InChI is InChI=1S/C31H44N3O11P/c1-24(2)27(28(35)36)34(3)29(32)33-46(39,44-20-10-18-40-30(37)42-22-16-25-12-6-4-7-13-25)45-21-11-19-41-31(38)43-23-17-26-14-8-5-9-15-26/h4-9,12-15,24,27H,10-11,16-23H2,1-3H3,(H,35,36)(H2,32,33,39). The van der Waals surface area contributed by atoms with Crippen LogP contribution in [0, 0.1) is 5.92 Å². The second-order valence-corrected chi connectivity index (χ2v) is 12.0. The number of carboxylic acid groups (broad SMARTS) is 1. The molecule has 0 fully saturated rings. The maximum atomic E-state index is 13.5. The molecule has 0 aromatic heterocycles. The SMILES string of the molecule is CC(C)C(C(=O)O)N(C)C(N)=NP(=O)(OCCCOC(=O)OCCc1ccccc1)OCCCOC(=O)OCCc1ccccc1. The summed E-state index contributed by atoms with van der Waals surface area (Å²) < 4.78 is 48.4. The molecule has 0 heterocycles. The highest BCUT2D eigenvalue weighted by Crippen LogP contribution is 2.50. The number of carbonyl (C=O) groups is 3. The Kier molecular flexibility index (Phi) is 17.2. The maximum Gasteiger partial charge on any atom is 0.508 e. The molecule has 2 aromatic rings. The Hall–Kier alpha value is -4.13. The van der Waals surface area contributed by atoms with E-state index in [1.807, 2.05) is 60.7 Å². The van der Waals surface area contributed by atoms with Crippen LogP contribution in [-0.2, 0) is 50.2 Å². The molecule has 0 amide bonds. The Bertz CT molecular complexity index is 1210. The van der Waals surface area contributed by atoms with Crippen molar-refractivity contribution in [2.24, 2.45) is 16.4 Å². The third-order valence-electron chi connectivity index (χ3n) is 6.32. The normalized spacial score (nSPS) is 12.3. The highest BCUT2D eigenvalue weighted by atomic mass is 31.2. The molecule has 46 heavy (non-hydrogen) atoms. The lowest BCUT2D eigenvalue weighted by molar-refractivity contribution is -0.142. The number of guanidine groups is 1. The van der Waals surface area contributed by atoms with E-state index in [-0.39, 0.29) is 64.4 Å². The number of nitrogens with zero attached hydrogens (tertiary/aromatic N) is 2. The summed E-state index contributed by atoms with van der Waals surface area (Å²) in [5.41, 5.74) is 8.03. The summed E-state index contributed by atoms with van der Waals surface area (Å²) >= 11 is 0. The second-order valence-electron chi connectivity index (χ2n) is 10.3. The molecule has 0 radical (unpaired) electrons. The predicted octanol–water partition coefficient (Wildman–Crippen LogP) is 5.06. The first-order valence-electron chi connectivity index (χ1n) is 14.9. The molecule has 1 atom stereocenters. The fraction of sp³-hybridized carbons (Fsp3) is 0.484. The van der Waals surface area contributed by atoms with Crippen LogP contribution in [0.4, 0.5) is 9.59 Å². The number of likely N-dealkylation sites (N-methyl/N-ethyl adjacent to an activating group) is 1. The molecule has 0 aliphatic carbocycles. The summed E-state index contributed by atoms with van der Waals surface area (Å²) in [5.74, 6) is -1.87. The zero-order valence-electron chi connectivity index (χ0n) is 26.4. The van der Waals surface area contributed by atoms with Crippen molar-refractivity contribution in [1.29, 1.82) is 0 Å². The zero-order chi connectivity index (χ0) is 33.8. The number of rotatable bonds is 20. The number of carbonyl (C=O) groups excluding carboxylic acids is 2. The van der Waals surface area contributed by atoms with Crippen LogP contribution in [0.3, 0.4) is 0 Å². The smallest absolute Gasteiger partial charge is 0.480 e. The minimum Gasteiger partial charge on any atom is -0.480 e. The first-order chi connectivity index (χ1) is 22.0. The van der Waals surface area contributed by atoms with Gasteiger partial charge in [0.15, 0.2) is 0 Å². The Labute approximate surface area is 269 Å². The van der Waals surface area contributed by atoms with E-state index in [4.69, 9.17) is 33.7 Å². The summed E-state index contributed by atoms with van der Waals surface area (Å²) in [7, 11) is -2.88. The van der Waals surface area contributed by atoms with Crippen molar-refractivity contribution in [1.82, 2.24) is 4.90 Å². The van der Waals surface area contributed by atoms with Gasteiger partial charge < -0.3 is 34.7 Å². The molecule has 0 spiro atoms. The molecule has 14 nitrogen and oxygen atoms in total. The molecule has 3 N–H and O–H groups in total. The van der Waals surface area contributed by atoms with E-state index in [9.17, 15) is 24.1 Å². The molecule has 2 aromatic carbocycles. The Morgan fingerprint density at radius 2 is 1.17 bits per heavy atom.